The van der Waals surface area contributed by atoms with Gasteiger partial charge in [0.2, 0.25) is 6.79 Å². The number of rotatable bonds is 6. The van der Waals surface area contributed by atoms with Gasteiger partial charge in [0.15, 0.2) is 29.9 Å². The van der Waals surface area contributed by atoms with E-state index >= 15 is 0 Å². The molecule has 12 nitrogen and oxygen atoms in total. The maximum Gasteiger partial charge on any atom is 0.303 e. The van der Waals surface area contributed by atoms with Gasteiger partial charge in [0.1, 0.15) is 18.5 Å². The number of aromatic nitrogens is 1. The second kappa shape index (κ2) is 9.66. The van der Waals surface area contributed by atoms with E-state index in [9.17, 15) is 24.3 Å². The number of esters is 3. The quantitative estimate of drug-likeness (QED) is 0.462. The first-order valence-corrected chi connectivity index (χ1v) is 10.6. The molecule has 2 aliphatic heterocycles. The Hall–Kier alpha value is -4.06. The van der Waals surface area contributed by atoms with E-state index in [0.717, 1.165) is 18.4 Å². The molecule has 1 fully saturated rings. The predicted octanol–water partition coefficient (Wildman–Crippen LogP) is 1.27. The van der Waals surface area contributed by atoms with Gasteiger partial charge in [-0.1, -0.05) is 6.07 Å². The monoisotopic (exact) mass is 489 g/mol. The maximum absolute atomic E-state index is 13.5. The van der Waals surface area contributed by atoms with Crippen molar-refractivity contribution in [2.45, 2.75) is 45.3 Å². The summed E-state index contributed by atoms with van der Waals surface area (Å²) in [6.07, 6.45) is -3.45. The zero-order chi connectivity index (χ0) is 25.3. The summed E-state index contributed by atoms with van der Waals surface area (Å²) in [6.45, 7) is 3.22. The first-order chi connectivity index (χ1) is 16.7. The van der Waals surface area contributed by atoms with Crippen molar-refractivity contribution < 1.29 is 47.9 Å². The van der Waals surface area contributed by atoms with Crippen LogP contribution in [0.4, 0.5) is 0 Å². The van der Waals surface area contributed by atoms with Gasteiger partial charge in [-0.3, -0.25) is 23.7 Å². The van der Waals surface area contributed by atoms with E-state index < -0.39 is 48.0 Å². The molecule has 0 radical (unpaired) electrons. The lowest BCUT2D eigenvalue weighted by Gasteiger charge is -2.24. The molecule has 2 aliphatic rings. The van der Waals surface area contributed by atoms with Crippen molar-refractivity contribution in [3.63, 3.8) is 0 Å². The van der Waals surface area contributed by atoms with Crippen molar-refractivity contribution in [2.24, 2.45) is 0 Å². The van der Waals surface area contributed by atoms with Crippen LogP contribution in [0.15, 0.2) is 35.3 Å². The molecule has 4 atom stereocenters. The largest absolute Gasteiger partial charge is 0.507 e. The van der Waals surface area contributed by atoms with E-state index in [4.69, 9.17) is 28.4 Å². The lowest BCUT2D eigenvalue weighted by atomic mass is 10.1. The van der Waals surface area contributed by atoms with Gasteiger partial charge in [0.05, 0.1) is 5.56 Å². The Bertz CT molecular complexity index is 1220. The molecular formula is C23H23NO11. The lowest BCUT2D eigenvalue weighted by molar-refractivity contribution is -0.166. The van der Waals surface area contributed by atoms with Crippen LogP contribution in [0, 0.1) is 0 Å². The number of carbonyl (C=O) groups excluding carboxylic acids is 3. The summed E-state index contributed by atoms with van der Waals surface area (Å²) in [5.74, 6) is -1.41. The second-order valence-corrected chi connectivity index (χ2v) is 7.87. The van der Waals surface area contributed by atoms with Crippen molar-refractivity contribution in [3.8, 4) is 28.4 Å². The third-order valence-corrected chi connectivity index (χ3v) is 5.37. The fourth-order valence-electron chi connectivity index (χ4n) is 3.98. The molecule has 2 unspecified atom stereocenters. The summed E-state index contributed by atoms with van der Waals surface area (Å²) >= 11 is 0. The maximum atomic E-state index is 13.5. The van der Waals surface area contributed by atoms with Crippen LogP contribution >= 0.6 is 0 Å². The normalized spacial score (nSPS) is 22.5. The third-order valence-electron chi connectivity index (χ3n) is 5.37. The number of pyridine rings is 1. The van der Waals surface area contributed by atoms with E-state index in [-0.39, 0.29) is 24.7 Å². The summed E-state index contributed by atoms with van der Waals surface area (Å²) in [4.78, 5) is 48.5. The minimum absolute atomic E-state index is 0.0328. The Kier molecular flexibility index (Phi) is 6.65. The first kappa shape index (κ1) is 24.1. The lowest BCUT2D eigenvalue weighted by Crippen LogP contribution is -2.41. The molecule has 1 aromatic heterocycles. The van der Waals surface area contributed by atoms with Crippen molar-refractivity contribution in [1.82, 2.24) is 4.57 Å². The van der Waals surface area contributed by atoms with Crippen molar-refractivity contribution in [3.05, 3.63) is 40.8 Å². The molecule has 35 heavy (non-hydrogen) atoms. The molecule has 1 N–H and O–H groups in total. The summed E-state index contributed by atoms with van der Waals surface area (Å²) in [5, 5.41) is 10.5. The predicted molar refractivity (Wildman–Crippen MR) is 116 cm³/mol. The highest BCUT2D eigenvalue weighted by Crippen LogP contribution is 2.38. The molecule has 12 heteroatoms. The number of benzene rings is 1. The fraction of sp³-hybridized carbons (Fsp3) is 0.391. The SMILES string of the molecule is CC(=O)OC[C@H]1O[C@@H](n2ccc(O)c(-c3ccc4c(c3)OCO4)c2=O)C(OC(C)=O)C1OC(C)=O. The van der Waals surface area contributed by atoms with E-state index in [1.54, 1.807) is 18.2 Å². The van der Waals surface area contributed by atoms with E-state index in [2.05, 4.69) is 0 Å². The van der Waals surface area contributed by atoms with E-state index in [1.807, 2.05) is 0 Å². The number of fused-ring (bicyclic) bond motifs is 1. The van der Waals surface area contributed by atoms with Crippen LogP contribution in [0.2, 0.25) is 0 Å². The molecule has 0 saturated carbocycles. The average molecular weight is 489 g/mol. The minimum atomic E-state index is -1.26. The molecule has 4 rings (SSSR count). The van der Waals surface area contributed by atoms with Gasteiger partial charge >= 0.3 is 17.9 Å². The van der Waals surface area contributed by atoms with Gasteiger partial charge < -0.3 is 33.5 Å². The Morgan fingerprint density at radius 1 is 1.00 bits per heavy atom. The van der Waals surface area contributed by atoms with Crippen molar-refractivity contribution in [2.75, 3.05) is 13.4 Å². The molecular weight excluding hydrogens is 466 g/mol. The molecule has 0 spiro atoms. The summed E-state index contributed by atoms with van der Waals surface area (Å²) in [5.41, 5.74) is -0.398. The number of aromatic hydroxyl groups is 1. The molecule has 186 valence electrons. The van der Waals surface area contributed by atoms with Crippen LogP contribution in [0.3, 0.4) is 0 Å². The van der Waals surface area contributed by atoms with Crippen molar-refractivity contribution in [1.29, 1.82) is 0 Å². The number of ether oxygens (including phenoxy) is 6. The van der Waals surface area contributed by atoms with Gasteiger partial charge in [0, 0.05) is 27.0 Å². The molecule has 1 aromatic carbocycles. The minimum Gasteiger partial charge on any atom is -0.507 e. The highest BCUT2D eigenvalue weighted by Gasteiger charge is 2.51. The topological polar surface area (TPSA) is 149 Å². The highest BCUT2D eigenvalue weighted by atomic mass is 16.7. The summed E-state index contributed by atoms with van der Waals surface area (Å²) in [6, 6.07) is 6.01. The van der Waals surface area contributed by atoms with Crippen molar-refractivity contribution >= 4 is 17.9 Å². The molecule has 0 bridgehead atoms. The second-order valence-electron chi connectivity index (χ2n) is 7.87. The van der Waals surface area contributed by atoms with Gasteiger partial charge in [-0.2, -0.15) is 0 Å². The zero-order valence-electron chi connectivity index (χ0n) is 19.1. The fourth-order valence-corrected chi connectivity index (χ4v) is 3.98. The Labute approximate surface area is 198 Å². The number of carbonyl (C=O) groups is 3. The van der Waals surface area contributed by atoms with Gasteiger partial charge in [-0.25, -0.2) is 0 Å². The van der Waals surface area contributed by atoms with Crippen LogP contribution in [-0.4, -0.2) is 59.3 Å². The third kappa shape index (κ3) is 4.92. The Morgan fingerprint density at radius 2 is 1.69 bits per heavy atom. The number of nitrogens with zero attached hydrogens (tertiary/aromatic N) is 1. The Balaban J connectivity index is 1.77. The standard InChI is InChI=1S/C23H23NO11/c1-11(25)30-9-18-20(33-12(2)26)21(34-13(3)27)23(35-18)24-7-6-15(28)19(22(24)29)14-4-5-16-17(8-14)32-10-31-16/h4-8,18,20-21,23,28H,9-10H2,1-3H3/t18-,20?,21?,23-/m1/s1. The van der Waals surface area contributed by atoms with Crippen LogP contribution in [0.1, 0.15) is 27.0 Å². The molecule has 0 amide bonds. The van der Waals surface area contributed by atoms with Gasteiger partial charge in [0.25, 0.3) is 5.56 Å². The van der Waals surface area contributed by atoms with Gasteiger partial charge in [-0.05, 0) is 23.8 Å². The smallest absolute Gasteiger partial charge is 0.303 e. The molecule has 0 aliphatic carbocycles. The number of hydrogen-bond acceptors (Lipinski definition) is 11. The molecule has 3 heterocycles. The number of hydrogen-bond donors (Lipinski definition) is 1. The Morgan fingerprint density at radius 3 is 2.37 bits per heavy atom. The highest BCUT2D eigenvalue weighted by molar-refractivity contribution is 5.72. The van der Waals surface area contributed by atoms with Gasteiger partial charge in [-0.15, -0.1) is 0 Å². The van der Waals surface area contributed by atoms with Crippen LogP contribution in [0.5, 0.6) is 17.2 Å². The molecule has 2 aromatic rings. The zero-order valence-corrected chi connectivity index (χ0v) is 19.1. The molecule has 1 saturated heterocycles. The summed E-state index contributed by atoms with van der Waals surface area (Å²) < 4.78 is 33.4. The van der Waals surface area contributed by atoms with Crippen LogP contribution < -0.4 is 15.0 Å². The van der Waals surface area contributed by atoms with Crippen LogP contribution in [0.25, 0.3) is 11.1 Å². The average Bonchev–Trinajstić information content (AvgIpc) is 3.37. The summed E-state index contributed by atoms with van der Waals surface area (Å²) in [7, 11) is 0. The van der Waals surface area contributed by atoms with Crippen LogP contribution in [-0.2, 0) is 33.3 Å². The first-order valence-electron chi connectivity index (χ1n) is 10.6. The van der Waals surface area contributed by atoms with E-state index in [1.165, 1.54) is 19.2 Å². The van der Waals surface area contributed by atoms with E-state index in [0.29, 0.717) is 17.1 Å².